The Morgan fingerprint density at radius 2 is 1.70 bits per heavy atom. The fraction of sp³-hybridized carbons (Fsp3) is 1.00. The second-order valence-electron chi connectivity index (χ2n) is 11.7. The molecule has 0 radical (unpaired) electrons. The average Bonchev–Trinajstić information content (AvgIpc) is 3.02. The van der Waals surface area contributed by atoms with Gasteiger partial charge in [-0.2, -0.15) is 0 Å². The third-order valence-corrected chi connectivity index (χ3v) is 10.9. The molecule has 0 spiro atoms. The molecule has 0 aromatic heterocycles. The molecule has 4 saturated carbocycles. The van der Waals surface area contributed by atoms with Crippen molar-refractivity contribution in [2.75, 3.05) is 6.61 Å². The summed E-state index contributed by atoms with van der Waals surface area (Å²) < 4.78 is 0. The molecular weight excluding hydrogens is 328 g/mol. The van der Waals surface area contributed by atoms with Gasteiger partial charge in [-0.05, 0) is 110 Å². The van der Waals surface area contributed by atoms with Gasteiger partial charge in [0, 0.05) is 6.61 Å². The van der Waals surface area contributed by atoms with Crippen molar-refractivity contribution in [3.05, 3.63) is 0 Å². The van der Waals surface area contributed by atoms with Crippen LogP contribution in [0.2, 0.25) is 0 Å². The Balaban J connectivity index is 1.58. The maximum absolute atomic E-state index is 9.30. The Morgan fingerprint density at radius 1 is 0.926 bits per heavy atom. The first kappa shape index (κ1) is 20.2. The van der Waals surface area contributed by atoms with E-state index < -0.39 is 0 Å². The monoisotopic (exact) mass is 374 g/mol. The molecule has 4 aliphatic carbocycles. The highest BCUT2D eigenvalue weighted by Crippen LogP contribution is 2.69. The smallest absolute Gasteiger partial charge is 0.0431 e. The molecule has 4 fully saturated rings. The first-order valence-electron chi connectivity index (χ1n) is 12.6. The summed E-state index contributed by atoms with van der Waals surface area (Å²) >= 11 is 0. The molecule has 4 aliphatic rings. The average molecular weight is 375 g/mol. The van der Waals surface area contributed by atoms with Crippen LogP contribution in [0.4, 0.5) is 0 Å². The maximum atomic E-state index is 9.30. The second-order valence-corrected chi connectivity index (χ2v) is 11.7. The molecule has 1 nitrogen and oxygen atoms in total. The van der Waals surface area contributed by atoms with Crippen LogP contribution in [-0.2, 0) is 0 Å². The normalized spacial score (nSPS) is 50.6. The fourth-order valence-electron chi connectivity index (χ4n) is 9.61. The van der Waals surface area contributed by atoms with Crippen LogP contribution in [0, 0.1) is 52.3 Å². The number of aliphatic hydroxyl groups is 1. The maximum Gasteiger partial charge on any atom is 0.0431 e. The van der Waals surface area contributed by atoms with Crippen LogP contribution in [-0.4, -0.2) is 11.7 Å². The molecular formula is C26H46O. The lowest BCUT2D eigenvalue weighted by molar-refractivity contribution is -0.138. The lowest BCUT2D eigenvalue weighted by Crippen LogP contribution is -2.55. The molecule has 0 aromatic rings. The predicted molar refractivity (Wildman–Crippen MR) is 114 cm³/mol. The van der Waals surface area contributed by atoms with Crippen LogP contribution < -0.4 is 0 Å². The molecule has 0 amide bonds. The van der Waals surface area contributed by atoms with Gasteiger partial charge >= 0.3 is 0 Å². The quantitative estimate of drug-likeness (QED) is 0.545. The zero-order chi connectivity index (χ0) is 19.2. The van der Waals surface area contributed by atoms with E-state index in [1.165, 1.54) is 64.2 Å². The van der Waals surface area contributed by atoms with Gasteiger partial charge in [0.15, 0.2) is 0 Å². The van der Waals surface area contributed by atoms with Crippen LogP contribution in [0.15, 0.2) is 0 Å². The number of hydrogen-bond donors (Lipinski definition) is 1. The van der Waals surface area contributed by atoms with E-state index in [1.54, 1.807) is 6.42 Å². The third kappa shape index (κ3) is 3.13. The molecule has 156 valence electrons. The summed E-state index contributed by atoms with van der Waals surface area (Å²) in [5.41, 5.74) is 1.25. The van der Waals surface area contributed by atoms with Crippen LogP contribution in [0.1, 0.15) is 105 Å². The largest absolute Gasteiger partial charge is 0.396 e. The van der Waals surface area contributed by atoms with Gasteiger partial charge in [0.2, 0.25) is 0 Å². The number of rotatable bonds is 5. The van der Waals surface area contributed by atoms with Gasteiger partial charge in [0.05, 0.1) is 0 Å². The lowest BCUT2D eigenvalue weighted by Gasteiger charge is -2.63. The Labute approximate surface area is 169 Å². The SMILES string of the molecule is CC[C@H]1CC2C3CCC([C@H](C)CCCO)C3(C)CC[C@@H]2C2(C)CCCCC12. The lowest BCUT2D eigenvalue weighted by atomic mass is 9.42. The van der Waals surface area contributed by atoms with Gasteiger partial charge in [0.1, 0.15) is 0 Å². The van der Waals surface area contributed by atoms with E-state index in [4.69, 9.17) is 0 Å². The topological polar surface area (TPSA) is 20.2 Å². The van der Waals surface area contributed by atoms with E-state index >= 15 is 0 Å². The molecule has 0 bridgehead atoms. The van der Waals surface area contributed by atoms with Gasteiger partial charge in [-0.1, -0.05) is 47.0 Å². The van der Waals surface area contributed by atoms with E-state index in [1.807, 2.05) is 0 Å². The Hall–Kier alpha value is -0.0400. The minimum atomic E-state index is 0.375. The molecule has 27 heavy (non-hydrogen) atoms. The zero-order valence-electron chi connectivity index (χ0n) is 18.7. The summed E-state index contributed by atoms with van der Waals surface area (Å²) in [4.78, 5) is 0. The van der Waals surface area contributed by atoms with Crippen molar-refractivity contribution in [3.63, 3.8) is 0 Å². The van der Waals surface area contributed by atoms with Gasteiger partial charge in [-0.15, -0.1) is 0 Å². The molecule has 0 saturated heterocycles. The first-order chi connectivity index (χ1) is 13.0. The van der Waals surface area contributed by atoms with Crippen LogP contribution >= 0.6 is 0 Å². The first-order valence-corrected chi connectivity index (χ1v) is 12.6. The number of hydrogen-bond acceptors (Lipinski definition) is 1. The number of aliphatic hydroxyl groups excluding tert-OH is 1. The molecule has 6 unspecified atom stereocenters. The van der Waals surface area contributed by atoms with E-state index in [0.29, 0.717) is 17.4 Å². The van der Waals surface area contributed by atoms with Crippen molar-refractivity contribution in [2.24, 2.45) is 52.3 Å². The van der Waals surface area contributed by atoms with Crippen molar-refractivity contribution in [1.82, 2.24) is 0 Å². The summed E-state index contributed by atoms with van der Waals surface area (Å²) in [5, 5.41) is 9.30. The van der Waals surface area contributed by atoms with Crippen molar-refractivity contribution < 1.29 is 5.11 Å². The van der Waals surface area contributed by atoms with Crippen LogP contribution in [0.5, 0.6) is 0 Å². The highest BCUT2D eigenvalue weighted by molar-refractivity contribution is 5.10. The Morgan fingerprint density at radius 3 is 2.44 bits per heavy atom. The zero-order valence-corrected chi connectivity index (χ0v) is 18.7. The molecule has 1 heteroatoms. The van der Waals surface area contributed by atoms with Gasteiger partial charge < -0.3 is 5.11 Å². The molecule has 9 atom stereocenters. The minimum Gasteiger partial charge on any atom is -0.396 e. The summed E-state index contributed by atoms with van der Waals surface area (Å²) in [6, 6.07) is 0. The fourth-order valence-corrected chi connectivity index (χ4v) is 9.61. The van der Waals surface area contributed by atoms with Crippen molar-refractivity contribution in [3.8, 4) is 0 Å². The standard InChI is InChI=1S/C26H46O/c1-5-19-17-20-23-12-11-21(18(2)9-8-16-27)26(23,4)15-13-24(20)25(3)14-7-6-10-22(19)25/h18-24,27H,5-17H2,1-4H3/t18-,19+,20?,21?,22?,23?,24+,25?,26?/m1/s1. The van der Waals surface area contributed by atoms with Crippen LogP contribution in [0.3, 0.4) is 0 Å². The van der Waals surface area contributed by atoms with Gasteiger partial charge in [0.25, 0.3) is 0 Å². The Kier molecular flexibility index (Phi) is 5.74. The van der Waals surface area contributed by atoms with Crippen molar-refractivity contribution in [1.29, 1.82) is 0 Å². The third-order valence-electron chi connectivity index (χ3n) is 10.9. The summed E-state index contributed by atoms with van der Waals surface area (Å²) in [5.74, 6) is 6.77. The van der Waals surface area contributed by atoms with Gasteiger partial charge in [-0.25, -0.2) is 0 Å². The summed E-state index contributed by atoms with van der Waals surface area (Å²) in [6.45, 7) is 10.8. The van der Waals surface area contributed by atoms with E-state index in [-0.39, 0.29) is 0 Å². The highest BCUT2D eigenvalue weighted by Gasteiger charge is 2.61. The molecule has 4 rings (SSSR count). The van der Waals surface area contributed by atoms with E-state index in [9.17, 15) is 5.11 Å². The van der Waals surface area contributed by atoms with E-state index in [2.05, 4.69) is 27.7 Å². The van der Waals surface area contributed by atoms with E-state index in [0.717, 1.165) is 47.8 Å². The molecule has 1 N–H and O–H groups in total. The highest BCUT2D eigenvalue weighted by atomic mass is 16.2. The summed E-state index contributed by atoms with van der Waals surface area (Å²) in [7, 11) is 0. The minimum absolute atomic E-state index is 0.375. The summed E-state index contributed by atoms with van der Waals surface area (Å²) in [6.07, 6.45) is 17.2. The van der Waals surface area contributed by atoms with Crippen molar-refractivity contribution in [2.45, 2.75) is 105 Å². The van der Waals surface area contributed by atoms with Gasteiger partial charge in [-0.3, -0.25) is 0 Å². The number of fused-ring (bicyclic) bond motifs is 5. The predicted octanol–water partition coefficient (Wildman–Crippen LogP) is 7.08. The Bertz CT molecular complexity index is 514. The second kappa shape index (κ2) is 7.66. The molecule has 0 aromatic carbocycles. The molecule has 0 aliphatic heterocycles. The van der Waals surface area contributed by atoms with Crippen LogP contribution in [0.25, 0.3) is 0 Å². The van der Waals surface area contributed by atoms with Crippen molar-refractivity contribution >= 4 is 0 Å². The molecule has 0 heterocycles.